The molecule has 7 aromatic rings. The molecule has 0 radical (unpaired) electrons. The fraction of sp³-hybridized carbons (Fsp3) is 0.173. The average Bonchev–Trinajstić information content (AvgIpc) is 4.08. The molecule has 3 amide bonds. The number of nitrogens with zero attached hydrogens (tertiary/aromatic N) is 7. The SMILES string of the molecule is CO/N=C(\C(=O)NC1C(=O)N2C(C(=O)OC(c3ccccc3)c3ccccc3)=C(/C=C/Sc3nnnn3CCNC(C)=O)CSC12)c1csc(NC(c2ccccc2)(c2ccccc2)c2ccccc2)n1. The number of hydrogen-bond donors (Lipinski definition) is 3. The Morgan fingerprint density at radius 1 is 0.859 bits per heavy atom. The third-order valence-corrected chi connectivity index (χ3v) is 14.4. The number of fused-ring (bicyclic) bond motifs is 1. The maximum Gasteiger partial charge on any atom is 0.356 e. The van der Waals surface area contributed by atoms with Gasteiger partial charge in [0, 0.05) is 24.6 Å². The fourth-order valence-electron chi connectivity index (χ4n) is 8.33. The van der Waals surface area contributed by atoms with E-state index in [0.717, 1.165) is 27.8 Å². The molecule has 0 spiro atoms. The number of carbonyl (C=O) groups is 4. The Hall–Kier alpha value is -7.87. The van der Waals surface area contributed by atoms with Gasteiger partial charge >= 0.3 is 5.97 Å². The number of tetrazole rings is 1. The van der Waals surface area contributed by atoms with Crippen LogP contribution in [-0.4, -0.2) is 90.3 Å². The predicted octanol–water partition coefficient (Wildman–Crippen LogP) is 7.31. The molecule has 358 valence electrons. The van der Waals surface area contributed by atoms with E-state index in [-0.39, 0.29) is 28.8 Å². The first-order valence-corrected chi connectivity index (χ1v) is 25.2. The van der Waals surface area contributed by atoms with Crippen molar-refractivity contribution in [2.75, 3.05) is 24.7 Å². The number of esters is 1. The van der Waals surface area contributed by atoms with Crippen LogP contribution in [0.1, 0.15) is 46.5 Å². The lowest BCUT2D eigenvalue weighted by Gasteiger charge is -2.49. The van der Waals surface area contributed by atoms with Crippen molar-refractivity contribution < 1.29 is 28.8 Å². The smallest absolute Gasteiger partial charge is 0.356 e. The first kappa shape index (κ1) is 48.2. The highest BCUT2D eigenvalue weighted by atomic mass is 32.2. The third kappa shape index (κ3) is 10.5. The van der Waals surface area contributed by atoms with E-state index in [2.05, 4.69) is 73.0 Å². The molecule has 0 saturated carbocycles. The normalized spacial score (nSPS) is 15.8. The Morgan fingerprint density at radius 2 is 1.44 bits per heavy atom. The van der Waals surface area contributed by atoms with E-state index in [0.29, 0.717) is 29.0 Å². The molecule has 2 aliphatic heterocycles. The second-order valence-corrected chi connectivity index (χ2v) is 18.9. The summed E-state index contributed by atoms with van der Waals surface area (Å²) < 4.78 is 7.90. The molecular formula is C52H46N10O6S3. The Bertz CT molecular complexity index is 2950. The van der Waals surface area contributed by atoms with E-state index in [1.54, 1.807) is 21.5 Å². The monoisotopic (exact) mass is 1000 g/mol. The molecule has 0 aliphatic carbocycles. The minimum atomic E-state index is -1.04. The Balaban J connectivity index is 0.981. The molecular weight excluding hydrogens is 957 g/mol. The van der Waals surface area contributed by atoms with Crippen molar-refractivity contribution >= 4 is 69.4 Å². The second kappa shape index (κ2) is 22.3. The molecule has 3 N–H and O–H groups in total. The van der Waals surface area contributed by atoms with E-state index < -0.39 is 40.8 Å². The molecule has 2 aromatic heterocycles. The van der Waals surface area contributed by atoms with Gasteiger partial charge in [-0.15, -0.1) is 28.2 Å². The number of hydrogen-bond acceptors (Lipinski definition) is 15. The highest BCUT2D eigenvalue weighted by Crippen LogP contribution is 2.43. The van der Waals surface area contributed by atoms with Crippen LogP contribution < -0.4 is 16.0 Å². The summed E-state index contributed by atoms with van der Waals surface area (Å²) in [5.74, 6) is -1.83. The molecule has 16 nitrogen and oxygen atoms in total. The minimum absolute atomic E-state index is 0.0444. The second-order valence-electron chi connectivity index (χ2n) is 16.1. The lowest BCUT2D eigenvalue weighted by atomic mass is 9.77. The van der Waals surface area contributed by atoms with Crippen LogP contribution >= 0.6 is 34.9 Å². The van der Waals surface area contributed by atoms with E-state index >= 15 is 0 Å². The number of thioether (sulfide) groups is 2. The highest BCUT2D eigenvalue weighted by molar-refractivity contribution is 8.02. The summed E-state index contributed by atoms with van der Waals surface area (Å²) in [6.45, 7) is 2.10. The number of amides is 3. The molecule has 9 rings (SSSR count). The molecule has 2 aliphatic rings. The topological polar surface area (TPSA) is 195 Å². The van der Waals surface area contributed by atoms with E-state index in [4.69, 9.17) is 14.6 Å². The van der Waals surface area contributed by atoms with Gasteiger partial charge in [-0.1, -0.05) is 169 Å². The highest BCUT2D eigenvalue weighted by Gasteiger charge is 2.55. The lowest BCUT2D eigenvalue weighted by Crippen LogP contribution is -2.71. The van der Waals surface area contributed by atoms with Crippen molar-refractivity contribution in [1.82, 2.24) is 40.7 Å². The summed E-state index contributed by atoms with van der Waals surface area (Å²) in [6, 6.07) is 47.9. The van der Waals surface area contributed by atoms with Crippen molar-refractivity contribution in [2.45, 2.75) is 41.7 Å². The number of thiazole rings is 1. The lowest BCUT2D eigenvalue weighted by molar-refractivity contribution is -0.154. The van der Waals surface area contributed by atoms with Crippen LogP contribution in [0.4, 0.5) is 5.13 Å². The summed E-state index contributed by atoms with van der Waals surface area (Å²) >= 11 is 3.88. The molecule has 71 heavy (non-hydrogen) atoms. The summed E-state index contributed by atoms with van der Waals surface area (Å²) in [7, 11) is 1.33. The molecule has 5 aromatic carbocycles. The van der Waals surface area contributed by atoms with Gasteiger partial charge in [0.15, 0.2) is 16.9 Å². The number of anilines is 1. The van der Waals surface area contributed by atoms with Crippen molar-refractivity contribution in [3.8, 4) is 0 Å². The number of rotatable bonds is 19. The van der Waals surface area contributed by atoms with Crippen molar-refractivity contribution in [3.05, 3.63) is 213 Å². The van der Waals surface area contributed by atoms with Gasteiger partial charge in [0.05, 0.1) is 6.54 Å². The van der Waals surface area contributed by atoms with Gasteiger partial charge in [-0.05, 0) is 55.3 Å². The van der Waals surface area contributed by atoms with E-state index in [1.165, 1.54) is 53.8 Å². The zero-order valence-electron chi connectivity index (χ0n) is 38.3. The number of nitrogens with one attached hydrogen (secondary N) is 3. The quantitative estimate of drug-likeness (QED) is 0.0182. The minimum Gasteiger partial charge on any atom is -0.448 e. The largest absolute Gasteiger partial charge is 0.448 e. The molecule has 1 saturated heterocycles. The predicted molar refractivity (Wildman–Crippen MR) is 273 cm³/mol. The van der Waals surface area contributed by atoms with Crippen LogP contribution in [0.15, 0.2) is 190 Å². The number of oxime groups is 1. The van der Waals surface area contributed by atoms with Gasteiger partial charge in [-0.2, -0.15) is 0 Å². The zero-order valence-corrected chi connectivity index (χ0v) is 40.8. The number of benzene rings is 5. The Kier molecular flexibility index (Phi) is 15.1. The van der Waals surface area contributed by atoms with Gasteiger partial charge in [0.25, 0.3) is 11.8 Å². The fourth-order valence-corrected chi connectivity index (χ4v) is 11.1. The molecule has 0 bridgehead atoms. The van der Waals surface area contributed by atoms with Gasteiger partial charge < -0.3 is 25.5 Å². The molecule has 2 atom stereocenters. The zero-order chi connectivity index (χ0) is 49.2. The maximum absolute atomic E-state index is 14.7. The third-order valence-electron chi connectivity index (χ3n) is 11.6. The van der Waals surface area contributed by atoms with Crippen molar-refractivity contribution in [2.24, 2.45) is 5.16 Å². The van der Waals surface area contributed by atoms with Crippen LogP contribution in [0, 0.1) is 0 Å². The number of β-lactam (4-membered cyclic amide) rings is 1. The average molecular weight is 1000 g/mol. The van der Waals surface area contributed by atoms with Crippen LogP contribution in [0.3, 0.4) is 0 Å². The van der Waals surface area contributed by atoms with Crippen molar-refractivity contribution in [1.29, 1.82) is 0 Å². The molecule has 2 unspecified atom stereocenters. The first-order chi connectivity index (χ1) is 34.7. The van der Waals surface area contributed by atoms with E-state index in [1.807, 2.05) is 115 Å². The van der Waals surface area contributed by atoms with Gasteiger partial charge in [0.1, 0.15) is 35.5 Å². The van der Waals surface area contributed by atoms with Crippen LogP contribution in [0.2, 0.25) is 0 Å². The standard InChI is InChI=1S/C52H46N10O6S3/c1-34(63)53-29-30-61-51(57-59-60-61)69-31-28-37-32-70-48-43(47(65)62(48)44(37)49(66)68-45(35-18-8-3-9-19-35)36-20-10-4-11-21-36)55-46(64)42(58-67-2)41-33-71-50(54-41)56-52(38-22-12-5-13-23-38,39-24-14-6-15-25-39)40-26-16-7-17-27-40/h3-28,31,33,43,45,48H,29-30,32H2,1-2H3,(H,53,63)(H,54,56)(H,55,64)/b31-28+,58-42-. The summed E-state index contributed by atoms with van der Waals surface area (Å²) in [5.41, 5.74) is 4.15. The Labute approximate surface area is 421 Å². The summed E-state index contributed by atoms with van der Waals surface area (Å²) in [6.07, 6.45) is 0.934. The summed E-state index contributed by atoms with van der Waals surface area (Å²) in [4.78, 5) is 66.3. The molecule has 4 heterocycles. The van der Waals surface area contributed by atoms with E-state index in [9.17, 15) is 19.2 Å². The summed E-state index contributed by atoms with van der Waals surface area (Å²) in [5, 5.41) is 29.1. The van der Waals surface area contributed by atoms with Crippen LogP contribution in [0.5, 0.6) is 0 Å². The van der Waals surface area contributed by atoms with Crippen LogP contribution in [-0.2, 0) is 40.8 Å². The maximum atomic E-state index is 14.7. The number of ether oxygens (including phenoxy) is 1. The van der Waals surface area contributed by atoms with Crippen molar-refractivity contribution in [3.63, 3.8) is 0 Å². The van der Waals surface area contributed by atoms with Crippen LogP contribution in [0.25, 0.3) is 0 Å². The first-order valence-electron chi connectivity index (χ1n) is 22.4. The Morgan fingerprint density at radius 3 is 2.00 bits per heavy atom. The van der Waals surface area contributed by atoms with Gasteiger partial charge in [0.2, 0.25) is 11.1 Å². The van der Waals surface area contributed by atoms with Gasteiger partial charge in [-0.25, -0.2) is 14.5 Å². The number of aromatic nitrogens is 5. The van der Waals surface area contributed by atoms with Gasteiger partial charge in [-0.3, -0.25) is 19.3 Å². The molecule has 19 heteroatoms. The molecule has 1 fully saturated rings. The number of allylic oxidation sites excluding steroid dienone is 1. The number of carbonyl (C=O) groups excluding carboxylic acids is 4.